The number of H-pyrrole nitrogens is 3. The molecule has 0 saturated heterocycles. The van der Waals surface area contributed by atoms with E-state index in [1.165, 1.54) is 0 Å². The molecule has 0 spiro atoms. The number of aromatic carboxylic acids is 1. The Bertz CT molecular complexity index is 1420. The Kier molecular flexibility index (Phi) is 4.22. The van der Waals surface area contributed by atoms with Gasteiger partial charge in [0.25, 0.3) is 0 Å². The number of carboxylic acid groups (broad SMARTS) is 1. The van der Waals surface area contributed by atoms with Crippen molar-refractivity contribution in [2.24, 2.45) is 0 Å². The van der Waals surface area contributed by atoms with Crippen LogP contribution >= 0.6 is 11.6 Å². The van der Waals surface area contributed by atoms with Gasteiger partial charge in [0.15, 0.2) is 0 Å². The highest BCUT2D eigenvalue weighted by molar-refractivity contribution is 6.35. The second-order valence-electron chi connectivity index (χ2n) is 7.73. The molecular formula is C24H20ClN3O2. The molecule has 0 unspecified atom stereocenters. The molecule has 3 aromatic heterocycles. The number of rotatable bonds is 4. The molecule has 2 aromatic carbocycles. The van der Waals surface area contributed by atoms with Gasteiger partial charge in [-0.15, -0.1) is 0 Å². The molecule has 0 aliphatic carbocycles. The van der Waals surface area contributed by atoms with E-state index in [-0.39, 0.29) is 11.6 Å². The quantitative estimate of drug-likeness (QED) is 0.259. The summed E-state index contributed by atoms with van der Waals surface area (Å²) in [5, 5.41) is 12.6. The number of aromatic amines is 3. The Morgan fingerprint density at radius 1 is 0.933 bits per heavy atom. The van der Waals surface area contributed by atoms with Gasteiger partial charge in [-0.3, -0.25) is 0 Å². The van der Waals surface area contributed by atoms with Gasteiger partial charge in [0, 0.05) is 55.9 Å². The lowest BCUT2D eigenvalue weighted by molar-refractivity contribution is 0.0692. The van der Waals surface area contributed by atoms with E-state index in [2.05, 4.69) is 28.8 Å². The molecule has 5 aromatic rings. The SMILES string of the molecule is CC(C)c1c(-c2cccc3[nH]ccc23)[nH]c(C(=O)O)c1-c1c(Cl)ccc2[nH]ccc12. The fourth-order valence-corrected chi connectivity index (χ4v) is 4.65. The van der Waals surface area contributed by atoms with Crippen LogP contribution in [0.1, 0.15) is 35.8 Å². The van der Waals surface area contributed by atoms with Crippen LogP contribution in [0.5, 0.6) is 0 Å². The zero-order valence-electron chi connectivity index (χ0n) is 16.5. The number of fused-ring (bicyclic) bond motifs is 2. The maximum Gasteiger partial charge on any atom is 0.352 e. The van der Waals surface area contributed by atoms with Crippen LogP contribution in [0.3, 0.4) is 0 Å². The van der Waals surface area contributed by atoms with Gasteiger partial charge in [0.2, 0.25) is 0 Å². The predicted molar refractivity (Wildman–Crippen MR) is 121 cm³/mol. The van der Waals surface area contributed by atoms with Gasteiger partial charge in [-0.05, 0) is 41.8 Å². The number of hydrogen-bond acceptors (Lipinski definition) is 1. The highest BCUT2D eigenvalue weighted by atomic mass is 35.5. The van der Waals surface area contributed by atoms with Crippen molar-refractivity contribution in [3.63, 3.8) is 0 Å². The molecule has 0 amide bonds. The normalized spacial score (nSPS) is 11.7. The molecule has 0 atom stereocenters. The summed E-state index contributed by atoms with van der Waals surface area (Å²) in [6.45, 7) is 4.15. The van der Waals surface area contributed by atoms with Crippen molar-refractivity contribution in [2.45, 2.75) is 19.8 Å². The van der Waals surface area contributed by atoms with Gasteiger partial charge in [-0.2, -0.15) is 0 Å². The molecule has 3 heterocycles. The zero-order chi connectivity index (χ0) is 21.0. The maximum atomic E-state index is 12.3. The molecule has 5 rings (SSSR count). The Labute approximate surface area is 177 Å². The van der Waals surface area contributed by atoms with Crippen molar-refractivity contribution in [3.05, 3.63) is 71.1 Å². The molecule has 0 aliphatic heterocycles. The number of aromatic nitrogens is 3. The summed E-state index contributed by atoms with van der Waals surface area (Å²) < 4.78 is 0. The summed E-state index contributed by atoms with van der Waals surface area (Å²) in [6, 6.07) is 13.7. The average molecular weight is 418 g/mol. The average Bonchev–Trinajstić information content (AvgIpc) is 3.44. The number of hydrogen-bond donors (Lipinski definition) is 4. The molecule has 150 valence electrons. The van der Waals surface area contributed by atoms with E-state index in [4.69, 9.17) is 11.6 Å². The summed E-state index contributed by atoms with van der Waals surface area (Å²) in [4.78, 5) is 22.0. The summed E-state index contributed by atoms with van der Waals surface area (Å²) in [7, 11) is 0. The van der Waals surface area contributed by atoms with E-state index in [0.717, 1.165) is 44.2 Å². The van der Waals surface area contributed by atoms with E-state index >= 15 is 0 Å². The van der Waals surface area contributed by atoms with E-state index in [1.54, 1.807) is 0 Å². The first-order valence-corrected chi connectivity index (χ1v) is 10.2. The minimum absolute atomic E-state index is 0.0683. The molecule has 0 radical (unpaired) electrons. The highest BCUT2D eigenvalue weighted by Crippen LogP contribution is 2.46. The fraction of sp³-hybridized carbons (Fsp3) is 0.125. The smallest absolute Gasteiger partial charge is 0.352 e. The molecule has 6 heteroatoms. The third-order valence-electron chi connectivity index (χ3n) is 5.63. The minimum Gasteiger partial charge on any atom is -0.477 e. The lowest BCUT2D eigenvalue weighted by atomic mass is 9.89. The standard InChI is InChI=1S/C24H20ClN3O2/c1-12(2)19-21(20-15-9-11-27-18(15)7-6-16(20)25)23(24(29)30)28-22(19)14-4-3-5-17-13(14)8-10-26-17/h3-12,26-28H,1-2H3,(H,29,30). The molecule has 0 fully saturated rings. The van der Waals surface area contributed by atoms with Gasteiger partial charge < -0.3 is 20.1 Å². The van der Waals surface area contributed by atoms with Crippen LogP contribution in [0.4, 0.5) is 0 Å². The Balaban J connectivity index is 1.93. The number of benzene rings is 2. The summed E-state index contributed by atoms with van der Waals surface area (Å²) in [6.07, 6.45) is 3.73. The van der Waals surface area contributed by atoms with Gasteiger partial charge >= 0.3 is 5.97 Å². The largest absolute Gasteiger partial charge is 0.477 e. The van der Waals surface area contributed by atoms with Gasteiger partial charge in [-0.25, -0.2) is 4.79 Å². The summed E-state index contributed by atoms with van der Waals surface area (Å²) in [5.74, 6) is -0.943. The number of nitrogens with one attached hydrogen (secondary N) is 3. The lowest BCUT2D eigenvalue weighted by Gasteiger charge is -2.14. The molecule has 0 saturated carbocycles. The van der Waals surface area contributed by atoms with Crippen molar-refractivity contribution >= 4 is 39.4 Å². The number of carboxylic acids is 1. The van der Waals surface area contributed by atoms with E-state index in [0.29, 0.717) is 10.6 Å². The number of carbonyl (C=O) groups is 1. The van der Waals surface area contributed by atoms with Gasteiger partial charge in [-0.1, -0.05) is 37.6 Å². The van der Waals surface area contributed by atoms with Gasteiger partial charge in [0.05, 0.1) is 5.69 Å². The Morgan fingerprint density at radius 2 is 1.63 bits per heavy atom. The van der Waals surface area contributed by atoms with E-state index in [1.807, 2.05) is 54.9 Å². The van der Waals surface area contributed by atoms with E-state index < -0.39 is 5.97 Å². The van der Waals surface area contributed by atoms with Crippen molar-refractivity contribution in [1.82, 2.24) is 15.0 Å². The van der Waals surface area contributed by atoms with Crippen molar-refractivity contribution in [3.8, 4) is 22.4 Å². The van der Waals surface area contributed by atoms with Crippen molar-refractivity contribution in [1.29, 1.82) is 0 Å². The van der Waals surface area contributed by atoms with Crippen LogP contribution in [0, 0.1) is 0 Å². The Hall–Kier alpha value is -3.44. The summed E-state index contributed by atoms with van der Waals surface area (Å²) in [5.41, 5.74) is 6.16. The molecular weight excluding hydrogens is 398 g/mol. The van der Waals surface area contributed by atoms with Crippen LogP contribution in [-0.4, -0.2) is 26.0 Å². The van der Waals surface area contributed by atoms with Gasteiger partial charge in [0.1, 0.15) is 5.69 Å². The molecule has 30 heavy (non-hydrogen) atoms. The first-order chi connectivity index (χ1) is 14.5. The van der Waals surface area contributed by atoms with Crippen LogP contribution in [0.15, 0.2) is 54.9 Å². The van der Waals surface area contributed by atoms with Crippen LogP contribution in [0.2, 0.25) is 5.02 Å². The number of halogens is 1. The third-order valence-corrected chi connectivity index (χ3v) is 5.94. The zero-order valence-corrected chi connectivity index (χ0v) is 17.3. The Morgan fingerprint density at radius 3 is 2.33 bits per heavy atom. The minimum atomic E-state index is -1.01. The lowest BCUT2D eigenvalue weighted by Crippen LogP contribution is -2.00. The van der Waals surface area contributed by atoms with Crippen LogP contribution < -0.4 is 0 Å². The van der Waals surface area contributed by atoms with Crippen LogP contribution in [-0.2, 0) is 0 Å². The molecule has 5 nitrogen and oxygen atoms in total. The monoisotopic (exact) mass is 417 g/mol. The maximum absolute atomic E-state index is 12.3. The third kappa shape index (κ3) is 2.66. The highest BCUT2D eigenvalue weighted by Gasteiger charge is 2.28. The van der Waals surface area contributed by atoms with Crippen LogP contribution in [0.25, 0.3) is 44.2 Å². The molecule has 0 bridgehead atoms. The fourth-order valence-electron chi connectivity index (χ4n) is 4.39. The van der Waals surface area contributed by atoms with Crippen molar-refractivity contribution in [2.75, 3.05) is 0 Å². The second-order valence-corrected chi connectivity index (χ2v) is 8.14. The predicted octanol–water partition coefficient (Wildman–Crippen LogP) is 6.79. The molecule has 4 N–H and O–H groups in total. The summed E-state index contributed by atoms with van der Waals surface area (Å²) >= 11 is 6.66. The van der Waals surface area contributed by atoms with E-state index in [9.17, 15) is 9.90 Å². The second kappa shape index (κ2) is 6.82. The topological polar surface area (TPSA) is 84.7 Å². The molecule has 0 aliphatic rings. The first-order valence-electron chi connectivity index (χ1n) is 9.79. The van der Waals surface area contributed by atoms with Crippen molar-refractivity contribution < 1.29 is 9.90 Å². The first kappa shape index (κ1) is 18.6.